The van der Waals surface area contributed by atoms with Crippen molar-refractivity contribution in [3.63, 3.8) is 0 Å². The molecule has 13 heavy (non-hydrogen) atoms. The third-order valence-electron chi connectivity index (χ3n) is 2.00. The number of primary amides is 1. The van der Waals surface area contributed by atoms with Gasteiger partial charge in [0.05, 0.1) is 12.3 Å². The topological polar surface area (TPSA) is 80.5 Å². The summed E-state index contributed by atoms with van der Waals surface area (Å²) in [5.41, 5.74) is 4.89. The van der Waals surface area contributed by atoms with Crippen LogP contribution in [-0.4, -0.2) is 38.0 Å². The molecule has 1 fully saturated rings. The number of nitrogens with zero attached hydrogens (tertiary/aromatic N) is 1. The van der Waals surface area contributed by atoms with Gasteiger partial charge in [0.1, 0.15) is 0 Å². The van der Waals surface area contributed by atoms with E-state index in [1.807, 2.05) is 0 Å². The second-order valence-corrected chi connectivity index (χ2v) is 5.56. The molecule has 0 heterocycles. The molecule has 0 atom stereocenters. The fourth-order valence-corrected chi connectivity index (χ4v) is 2.53. The fraction of sp³-hybridized carbons (Fsp3) is 0.857. The molecule has 2 N–H and O–H groups in total. The van der Waals surface area contributed by atoms with Gasteiger partial charge in [0.2, 0.25) is 15.9 Å². The molecule has 0 saturated heterocycles. The van der Waals surface area contributed by atoms with E-state index in [0.717, 1.165) is 17.1 Å². The molecule has 0 aromatic rings. The van der Waals surface area contributed by atoms with E-state index in [2.05, 4.69) is 0 Å². The first-order valence-corrected chi connectivity index (χ1v) is 5.75. The van der Waals surface area contributed by atoms with Gasteiger partial charge >= 0.3 is 0 Å². The van der Waals surface area contributed by atoms with Crippen LogP contribution in [0.25, 0.3) is 0 Å². The summed E-state index contributed by atoms with van der Waals surface area (Å²) in [6.07, 6.45) is 1.95. The minimum Gasteiger partial charge on any atom is -0.369 e. The average Bonchev–Trinajstić information content (AvgIpc) is 2.69. The van der Waals surface area contributed by atoms with Gasteiger partial charge in [0, 0.05) is 7.05 Å². The maximum absolute atomic E-state index is 11.4. The van der Waals surface area contributed by atoms with Crippen molar-refractivity contribution in [2.75, 3.05) is 19.3 Å². The first-order chi connectivity index (χ1) is 5.92. The van der Waals surface area contributed by atoms with Crippen molar-refractivity contribution in [2.45, 2.75) is 12.8 Å². The number of rotatable bonds is 5. The maximum atomic E-state index is 11.4. The Bertz CT molecular complexity index is 295. The van der Waals surface area contributed by atoms with Gasteiger partial charge in [0.25, 0.3) is 0 Å². The van der Waals surface area contributed by atoms with E-state index in [4.69, 9.17) is 5.73 Å². The van der Waals surface area contributed by atoms with Crippen molar-refractivity contribution in [3.8, 4) is 0 Å². The van der Waals surface area contributed by atoms with Crippen LogP contribution in [0.15, 0.2) is 0 Å². The highest BCUT2D eigenvalue weighted by atomic mass is 32.2. The van der Waals surface area contributed by atoms with E-state index in [1.165, 1.54) is 7.05 Å². The minimum atomic E-state index is -3.26. The van der Waals surface area contributed by atoms with Crippen molar-refractivity contribution in [1.29, 1.82) is 0 Å². The molecule has 0 aliphatic heterocycles. The van der Waals surface area contributed by atoms with Gasteiger partial charge < -0.3 is 5.73 Å². The average molecular weight is 206 g/mol. The van der Waals surface area contributed by atoms with Crippen LogP contribution in [0.2, 0.25) is 0 Å². The number of carbonyl (C=O) groups is 1. The van der Waals surface area contributed by atoms with Gasteiger partial charge in [-0.3, -0.25) is 4.79 Å². The summed E-state index contributed by atoms with van der Waals surface area (Å²) in [5, 5.41) is 0. The first-order valence-electron chi connectivity index (χ1n) is 4.14. The molecular weight excluding hydrogens is 192 g/mol. The lowest BCUT2D eigenvalue weighted by atomic mass is 10.5. The van der Waals surface area contributed by atoms with E-state index < -0.39 is 15.9 Å². The zero-order valence-corrected chi connectivity index (χ0v) is 8.38. The van der Waals surface area contributed by atoms with E-state index in [0.29, 0.717) is 5.92 Å². The second kappa shape index (κ2) is 3.63. The standard InChI is InChI=1S/C7H14N2O3S/c1-9(4-7(8)10)13(11,12)5-6-2-3-6/h6H,2-5H2,1H3,(H2,8,10). The third kappa shape index (κ3) is 3.31. The smallest absolute Gasteiger partial charge is 0.232 e. The zero-order valence-electron chi connectivity index (χ0n) is 7.56. The second-order valence-electron chi connectivity index (χ2n) is 3.44. The number of sulfonamides is 1. The van der Waals surface area contributed by atoms with Gasteiger partial charge in [-0.2, -0.15) is 4.31 Å². The maximum Gasteiger partial charge on any atom is 0.232 e. The monoisotopic (exact) mass is 206 g/mol. The van der Waals surface area contributed by atoms with Crippen LogP contribution in [0.5, 0.6) is 0 Å². The lowest BCUT2D eigenvalue weighted by molar-refractivity contribution is -0.118. The highest BCUT2D eigenvalue weighted by Gasteiger charge is 2.30. The normalized spacial score (nSPS) is 17.7. The summed E-state index contributed by atoms with van der Waals surface area (Å²) >= 11 is 0. The predicted octanol–water partition coefficient (Wildman–Crippen LogP) is -0.857. The van der Waals surface area contributed by atoms with Crippen molar-refractivity contribution in [3.05, 3.63) is 0 Å². The molecule has 0 spiro atoms. The Morgan fingerprint density at radius 3 is 2.46 bits per heavy atom. The third-order valence-corrected chi connectivity index (χ3v) is 3.97. The number of hydrogen-bond donors (Lipinski definition) is 1. The van der Waals surface area contributed by atoms with E-state index >= 15 is 0 Å². The Morgan fingerprint density at radius 1 is 1.54 bits per heavy atom. The first kappa shape index (κ1) is 10.5. The minimum absolute atomic E-state index is 0.150. The Balaban J connectivity index is 2.51. The fourth-order valence-electron chi connectivity index (χ4n) is 1.03. The van der Waals surface area contributed by atoms with Crippen molar-refractivity contribution in [1.82, 2.24) is 4.31 Å². The van der Waals surface area contributed by atoms with Crippen LogP contribution in [-0.2, 0) is 14.8 Å². The van der Waals surface area contributed by atoms with E-state index in [1.54, 1.807) is 0 Å². The van der Waals surface area contributed by atoms with Crippen molar-refractivity contribution >= 4 is 15.9 Å². The summed E-state index contributed by atoms with van der Waals surface area (Å²) in [6, 6.07) is 0. The highest BCUT2D eigenvalue weighted by Crippen LogP contribution is 2.30. The molecule has 5 nitrogen and oxygen atoms in total. The van der Waals surface area contributed by atoms with Crippen LogP contribution in [0.1, 0.15) is 12.8 Å². The number of carbonyl (C=O) groups excluding carboxylic acids is 1. The number of hydrogen-bond acceptors (Lipinski definition) is 3. The van der Waals surface area contributed by atoms with Crippen molar-refractivity contribution in [2.24, 2.45) is 11.7 Å². The van der Waals surface area contributed by atoms with Crippen LogP contribution in [0, 0.1) is 5.92 Å². The molecule has 0 bridgehead atoms. The highest BCUT2D eigenvalue weighted by molar-refractivity contribution is 7.89. The molecule has 0 aromatic carbocycles. The van der Waals surface area contributed by atoms with Gasteiger partial charge in [-0.05, 0) is 18.8 Å². The Hall–Kier alpha value is -0.620. The number of amides is 1. The lowest BCUT2D eigenvalue weighted by Crippen LogP contribution is -2.37. The van der Waals surface area contributed by atoms with Crippen LogP contribution >= 0.6 is 0 Å². The molecule has 1 saturated carbocycles. The molecule has 0 aromatic heterocycles. The van der Waals surface area contributed by atoms with E-state index in [-0.39, 0.29) is 12.3 Å². The van der Waals surface area contributed by atoms with Gasteiger partial charge in [-0.25, -0.2) is 8.42 Å². The molecule has 6 heteroatoms. The molecule has 0 unspecified atom stereocenters. The quantitative estimate of drug-likeness (QED) is 0.635. The summed E-state index contributed by atoms with van der Waals surface area (Å²) in [5.74, 6) is -0.182. The summed E-state index contributed by atoms with van der Waals surface area (Å²) in [7, 11) is -1.88. The van der Waals surface area contributed by atoms with Crippen LogP contribution in [0.3, 0.4) is 0 Å². The van der Waals surface area contributed by atoms with E-state index in [9.17, 15) is 13.2 Å². The predicted molar refractivity (Wildman–Crippen MR) is 48.3 cm³/mol. The van der Waals surface area contributed by atoms with Gasteiger partial charge in [0.15, 0.2) is 0 Å². The summed E-state index contributed by atoms with van der Waals surface area (Å²) in [6.45, 7) is -0.227. The summed E-state index contributed by atoms with van der Waals surface area (Å²) < 4.78 is 23.9. The number of likely N-dealkylation sites (N-methyl/N-ethyl adjacent to an activating group) is 1. The number of nitrogens with two attached hydrogens (primary N) is 1. The summed E-state index contributed by atoms with van der Waals surface area (Å²) in [4.78, 5) is 10.5. The van der Waals surface area contributed by atoms with Crippen LogP contribution in [0.4, 0.5) is 0 Å². The van der Waals surface area contributed by atoms with Crippen LogP contribution < -0.4 is 5.73 Å². The molecule has 1 aliphatic carbocycles. The Kier molecular flexibility index (Phi) is 2.92. The zero-order chi connectivity index (χ0) is 10.1. The molecule has 1 rings (SSSR count). The van der Waals surface area contributed by atoms with Crippen molar-refractivity contribution < 1.29 is 13.2 Å². The molecule has 1 amide bonds. The molecular formula is C7H14N2O3S. The van der Waals surface area contributed by atoms with Gasteiger partial charge in [-0.1, -0.05) is 0 Å². The van der Waals surface area contributed by atoms with Gasteiger partial charge in [-0.15, -0.1) is 0 Å². The Labute approximate surface area is 77.9 Å². The Morgan fingerprint density at radius 2 is 2.08 bits per heavy atom. The lowest BCUT2D eigenvalue weighted by Gasteiger charge is -2.14. The SMILES string of the molecule is CN(CC(N)=O)S(=O)(=O)CC1CC1. The molecule has 76 valence electrons. The largest absolute Gasteiger partial charge is 0.369 e. The molecule has 0 radical (unpaired) electrons. The molecule has 1 aliphatic rings.